The fraction of sp³-hybridized carbons (Fsp3) is 0.120. The quantitative estimate of drug-likeness (QED) is 0.321. The molecule has 0 saturated heterocycles. The van der Waals surface area contributed by atoms with E-state index in [0.29, 0.717) is 40.4 Å². The number of halogens is 1. The Morgan fingerprint density at radius 2 is 1.74 bits per heavy atom. The van der Waals surface area contributed by atoms with Gasteiger partial charge in [0.1, 0.15) is 18.2 Å². The van der Waals surface area contributed by atoms with E-state index >= 15 is 0 Å². The first-order chi connectivity index (χ1) is 15.1. The maximum Gasteiger partial charge on any atom is 0.266 e. The molecule has 0 fully saturated rings. The number of nitrogens with one attached hydrogen (secondary N) is 1. The van der Waals surface area contributed by atoms with Gasteiger partial charge in [0.15, 0.2) is 11.5 Å². The lowest BCUT2D eigenvalue weighted by Gasteiger charge is -2.15. The fourth-order valence-corrected chi connectivity index (χ4v) is 3.41. The summed E-state index contributed by atoms with van der Waals surface area (Å²) in [7, 11) is 0. The smallest absolute Gasteiger partial charge is 0.266 e. The first-order valence-electron chi connectivity index (χ1n) is 9.72. The van der Waals surface area contributed by atoms with E-state index in [1.807, 2.05) is 61.5 Å². The van der Waals surface area contributed by atoms with Crippen LogP contribution < -0.4 is 14.8 Å². The average Bonchev–Trinajstić information content (AvgIpc) is 2.78. The molecule has 0 spiro atoms. The predicted octanol–water partition coefficient (Wildman–Crippen LogP) is 5.97. The molecule has 31 heavy (non-hydrogen) atoms. The first-order valence-corrected chi connectivity index (χ1v) is 10.5. The summed E-state index contributed by atoms with van der Waals surface area (Å²) in [5, 5.41) is 12.2. The fourth-order valence-electron chi connectivity index (χ4n) is 2.84. The van der Waals surface area contributed by atoms with Gasteiger partial charge in [0.2, 0.25) is 0 Å². The van der Waals surface area contributed by atoms with Crippen molar-refractivity contribution in [3.63, 3.8) is 0 Å². The van der Waals surface area contributed by atoms with Crippen molar-refractivity contribution in [2.45, 2.75) is 13.5 Å². The molecule has 1 N–H and O–H groups in total. The van der Waals surface area contributed by atoms with E-state index < -0.39 is 5.91 Å². The van der Waals surface area contributed by atoms with Gasteiger partial charge >= 0.3 is 0 Å². The van der Waals surface area contributed by atoms with E-state index in [9.17, 15) is 10.1 Å². The van der Waals surface area contributed by atoms with Crippen LogP contribution in [0.15, 0.2) is 82.8 Å². The SMILES string of the molecule is CCOc1cc(/C=C(/C#N)C(=O)Nc2ccccc2)cc(Br)c1OCc1ccccc1. The van der Waals surface area contributed by atoms with Crippen molar-refractivity contribution < 1.29 is 14.3 Å². The van der Waals surface area contributed by atoms with Crippen molar-refractivity contribution in [3.8, 4) is 17.6 Å². The third kappa shape index (κ3) is 6.21. The van der Waals surface area contributed by atoms with Crippen molar-refractivity contribution in [1.82, 2.24) is 0 Å². The minimum atomic E-state index is -0.479. The van der Waals surface area contributed by atoms with Crippen molar-refractivity contribution in [1.29, 1.82) is 5.26 Å². The van der Waals surface area contributed by atoms with E-state index in [-0.39, 0.29) is 5.57 Å². The maximum absolute atomic E-state index is 12.5. The van der Waals surface area contributed by atoms with Crippen LogP contribution in [0.3, 0.4) is 0 Å². The molecule has 0 heterocycles. The Balaban J connectivity index is 1.84. The lowest BCUT2D eigenvalue weighted by molar-refractivity contribution is -0.112. The number of nitrogens with zero attached hydrogens (tertiary/aromatic N) is 1. The number of ether oxygens (including phenoxy) is 2. The topological polar surface area (TPSA) is 71.3 Å². The second-order valence-corrected chi connectivity index (χ2v) is 7.38. The van der Waals surface area contributed by atoms with Crippen LogP contribution in [0.2, 0.25) is 0 Å². The molecule has 0 aliphatic rings. The normalized spacial score (nSPS) is 10.8. The monoisotopic (exact) mass is 476 g/mol. The largest absolute Gasteiger partial charge is 0.490 e. The van der Waals surface area contributed by atoms with Crippen LogP contribution in [-0.2, 0) is 11.4 Å². The summed E-state index contributed by atoms with van der Waals surface area (Å²) in [4.78, 5) is 12.5. The molecule has 6 heteroatoms. The summed E-state index contributed by atoms with van der Waals surface area (Å²) in [5.41, 5.74) is 2.28. The summed E-state index contributed by atoms with van der Waals surface area (Å²) < 4.78 is 12.4. The standard InChI is InChI=1S/C25H21BrN2O3/c1-2-30-23-15-19(13-20(16-27)25(29)28-21-11-7-4-8-12-21)14-22(26)24(23)31-17-18-9-5-3-6-10-18/h3-15H,2,17H2,1H3,(H,28,29)/b20-13-. The molecule has 0 aromatic heterocycles. The summed E-state index contributed by atoms with van der Waals surface area (Å²) in [6.45, 7) is 2.71. The Morgan fingerprint density at radius 1 is 1.06 bits per heavy atom. The number of carbonyl (C=O) groups is 1. The molecule has 0 unspecified atom stereocenters. The zero-order chi connectivity index (χ0) is 22.1. The van der Waals surface area contributed by atoms with Gasteiger partial charge in [-0.05, 0) is 64.3 Å². The van der Waals surface area contributed by atoms with Gasteiger partial charge < -0.3 is 14.8 Å². The van der Waals surface area contributed by atoms with E-state index in [0.717, 1.165) is 5.56 Å². The van der Waals surface area contributed by atoms with Gasteiger partial charge in [-0.1, -0.05) is 48.5 Å². The van der Waals surface area contributed by atoms with E-state index in [2.05, 4.69) is 21.2 Å². The Bertz CT molecular complexity index is 1110. The molecular formula is C25H21BrN2O3. The lowest BCUT2D eigenvalue weighted by Crippen LogP contribution is -2.13. The van der Waals surface area contributed by atoms with Crippen LogP contribution in [0.25, 0.3) is 6.08 Å². The molecular weight excluding hydrogens is 456 g/mol. The maximum atomic E-state index is 12.5. The van der Waals surface area contributed by atoms with Crippen LogP contribution in [-0.4, -0.2) is 12.5 Å². The number of para-hydroxylation sites is 1. The number of nitriles is 1. The summed E-state index contributed by atoms with van der Waals surface area (Å²) in [6.07, 6.45) is 1.52. The lowest BCUT2D eigenvalue weighted by atomic mass is 10.1. The average molecular weight is 477 g/mol. The molecule has 3 aromatic carbocycles. The molecule has 0 atom stereocenters. The Labute approximate surface area is 190 Å². The van der Waals surface area contributed by atoms with Crippen molar-refractivity contribution >= 4 is 33.6 Å². The van der Waals surface area contributed by atoms with Crippen LogP contribution in [0.5, 0.6) is 11.5 Å². The Hall–Kier alpha value is -3.56. The minimum absolute atomic E-state index is 0.0174. The number of hydrogen-bond acceptors (Lipinski definition) is 4. The molecule has 0 bridgehead atoms. The van der Waals surface area contributed by atoms with Crippen LogP contribution in [0, 0.1) is 11.3 Å². The highest BCUT2D eigenvalue weighted by atomic mass is 79.9. The van der Waals surface area contributed by atoms with E-state index in [1.165, 1.54) is 6.08 Å². The number of anilines is 1. The van der Waals surface area contributed by atoms with Crippen molar-refractivity contribution in [2.75, 3.05) is 11.9 Å². The predicted molar refractivity (Wildman–Crippen MR) is 125 cm³/mol. The van der Waals surface area contributed by atoms with Gasteiger partial charge in [-0.2, -0.15) is 5.26 Å². The van der Waals surface area contributed by atoms with Crippen LogP contribution >= 0.6 is 15.9 Å². The molecule has 0 saturated carbocycles. The Morgan fingerprint density at radius 3 is 2.39 bits per heavy atom. The van der Waals surface area contributed by atoms with Crippen molar-refractivity contribution in [3.05, 3.63) is 94.0 Å². The molecule has 5 nitrogen and oxygen atoms in total. The summed E-state index contributed by atoms with van der Waals surface area (Å²) >= 11 is 3.53. The van der Waals surface area contributed by atoms with E-state index in [1.54, 1.807) is 24.3 Å². The van der Waals surface area contributed by atoms with Gasteiger partial charge in [-0.25, -0.2) is 0 Å². The zero-order valence-corrected chi connectivity index (χ0v) is 18.6. The van der Waals surface area contributed by atoms with Gasteiger partial charge in [0.05, 0.1) is 11.1 Å². The van der Waals surface area contributed by atoms with Crippen LogP contribution in [0.4, 0.5) is 5.69 Å². The third-order valence-electron chi connectivity index (χ3n) is 4.27. The molecule has 3 aromatic rings. The van der Waals surface area contributed by atoms with Crippen molar-refractivity contribution in [2.24, 2.45) is 0 Å². The van der Waals surface area contributed by atoms with Gasteiger partial charge in [0.25, 0.3) is 5.91 Å². The number of benzene rings is 3. The summed E-state index contributed by atoms with van der Waals surface area (Å²) in [5.74, 6) is 0.613. The third-order valence-corrected chi connectivity index (χ3v) is 4.85. The second kappa shape index (κ2) is 11.0. The van der Waals surface area contributed by atoms with Gasteiger partial charge in [-0.3, -0.25) is 4.79 Å². The highest BCUT2D eigenvalue weighted by molar-refractivity contribution is 9.10. The summed E-state index contributed by atoms with van der Waals surface area (Å²) in [6, 6.07) is 24.3. The molecule has 156 valence electrons. The number of amides is 1. The Kier molecular flexibility index (Phi) is 7.85. The first kappa shape index (κ1) is 22.1. The van der Waals surface area contributed by atoms with E-state index in [4.69, 9.17) is 9.47 Å². The zero-order valence-electron chi connectivity index (χ0n) is 17.0. The number of carbonyl (C=O) groups excluding carboxylic acids is 1. The number of hydrogen-bond donors (Lipinski definition) is 1. The second-order valence-electron chi connectivity index (χ2n) is 6.53. The van der Waals surface area contributed by atoms with Gasteiger partial charge in [-0.15, -0.1) is 0 Å². The van der Waals surface area contributed by atoms with Gasteiger partial charge in [0, 0.05) is 5.69 Å². The molecule has 0 radical (unpaired) electrons. The molecule has 0 aliphatic heterocycles. The molecule has 3 rings (SSSR count). The highest BCUT2D eigenvalue weighted by Crippen LogP contribution is 2.38. The molecule has 0 aliphatic carbocycles. The minimum Gasteiger partial charge on any atom is -0.490 e. The van der Waals surface area contributed by atoms with Crippen LogP contribution in [0.1, 0.15) is 18.1 Å². The highest BCUT2D eigenvalue weighted by Gasteiger charge is 2.14. The number of rotatable bonds is 8. The molecule has 1 amide bonds.